The van der Waals surface area contributed by atoms with Crippen molar-refractivity contribution in [1.29, 1.82) is 0 Å². The number of aryl methyl sites for hydroxylation is 3. The van der Waals surface area contributed by atoms with Crippen LogP contribution in [0, 0.1) is 26.7 Å². The zero-order chi connectivity index (χ0) is 23.5. The second-order valence-electron chi connectivity index (χ2n) is 9.14. The number of carbonyl (C=O) groups excluding carboxylic acids is 1. The van der Waals surface area contributed by atoms with Crippen LogP contribution in [0.25, 0.3) is 27.8 Å². The minimum Gasteiger partial charge on any atom is -0.367 e. The smallest absolute Gasteiger partial charge is 0.204 e. The Morgan fingerprint density at radius 1 is 1.12 bits per heavy atom. The highest BCUT2D eigenvalue weighted by Crippen LogP contribution is 2.31. The molecule has 0 saturated heterocycles. The Balaban J connectivity index is 1.51. The third-order valence-corrected chi connectivity index (χ3v) is 5.87. The van der Waals surface area contributed by atoms with Crippen molar-refractivity contribution in [3.05, 3.63) is 35.5 Å². The number of unbranched alkanes of at least 4 members (excludes halogenated alkanes) is 2. The molecule has 174 valence electrons. The average Bonchev–Trinajstić information content (AvgIpc) is 3.32. The molecule has 3 aromatic heterocycles. The van der Waals surface area contributed by atoms with E-state index < -0.39 is 0 Å². The lowest BCUT2D eigenvalue weighted by Gasteiger charge is -2.11. The summed E-state index contributed by atoms with van der Waals surface area (Å²) >= 11 is 0. The molecule has 0 aliphatic rings. The maximum absolute atomic E-state index is 11.9. The SMILES string of the molecule is Cc1noc(C)c1-c1ccc2nc(NCCCCCC(=O)CC(C)C)c3nnc(C)n3c2c1. The van der Waals surface area contributed by atoms with Crippen LogP contribution in [0.15, 0.2) is 22.7 Å². The average molecular weight is 449 g/mol. The van der Waals surface area contributed by atoms with Crippen LogP contribution in [0.2, 0.25) is 0 Å². The standard InChI is InChI=1S/C25H32N6O2/c1-15(2)13-20(32)9-7-6-8-12-26-24-25-29-28-18(5)31(25)22-14-19(10-11-21(22)27-24)23-16(3)30-33-17(23)4/h10-11,14-15H,6-9,12-13H2,1-5H3,(H,26,27). The predicted molar refractivity (Wildman–Crippen MR) is 129 cm³/mol. The molecule has 1 aromatic carbocycles. The van der Waals surface area contributed by atoms with Gasteiger partial charge in [-0.1, -0.05) is 31.5 Å². The van der Waals surface area contributed by atoms with Crippen LogP contribution in [0.3, 0.4) is 0 Å². The van der Waals surface area contributed by atoms with Crippen LogP contribution in [-0.4, -0.2) is 37.1 Å². The Morgan fingerprint density at radius 3 is 2.67 bits per heavy atom. The molecule has 0 saturated carbocycles. The van der Waals surface area contributed by atoms with Gasteiger partial charge in [0.15, 0.2) is 5.82 Å². The van der Waals surface area contributed by atoms with Crippen molar-refractivity contribution < 1.29 is 9.32 Å². The molecule has 0 radical (unpaired) electrons. The van der Waals surface area contributed by atoms with Crippen molar-refractivity contribution in [3.8, 4) is 11.1 Å². The number of benzene rings is 1. The summed E-state index contributed by atoms with van der Waals surface area (Å²) in [6, 6.07) is 6.16. The van der Waals surface area contributed by atoms with E-state index in [1.807, 2.05) is 37.3 Å². The summed E-state index contributed by atoms with van der Waals surface area (Å²) in [5.74, 6) is 3.13. The van der Waals surface area contributed by atoms with Crippen LogP contribution in [-0.2, 0) is 4.79 Å². The highest BCUT2D eigenvalue weighted by atomic mass is 16.5. The molecular formula is C25H32N6O2. The van der Waals surface area contributed by atoms with Gasteiger partial charge in [0.1, 0.15) is 17.4 Å². The molecule has 0 unspecified atom stereocenters. The van der Waals surface area contributed by atoms with E-state index in [9.17, 15) is 4.79 Å². The third kappa shape index (κ3) is 4.89. The van der Waals surface area contributed by atoms with Gasteiger partial charge in [-0.15, -0.1) is 10.2 Å². The van der Waals surface area contributed by atoms with E-state index in [0.29, 0.717) is 30.2 Å². The molecule has 8 heteroatoms. The van der Waals surface area contributed by atoms with E-state index in [1.165, 1.54) is 0 Å². The highest BCUT2D eigenvalue weighted by Gasteiger charge is 2.16. The Labute approximate surface area is 193 Å². The largest absolute Gasteiger partial charge is 0.367 e. The fourth-order valence-electron chi connectivity index (χ4n) is 4.33. The predicted octanol–water partition coefficient (Wildman–Crippen LogP) is 5.45. The summed E-state index contributed by atoms with van der Waals surface area (Å²) in [5, 5.41) is 16.2. The molecule has 0 bridgehead atoms. The van der Waals surface area contributed by atoms with Crippen LogP contribution in [0.5, 0.6) is 0 Å². The molecular weight excluding hydrogens is 416 g/mol. The van der Waals surface area contributed by atoms with E-state index in [4.69, 9.17) is 9.51 Å². The highest BCUT2D eigenvalue weighted by molar-refractivity contribution is 5.87. The monoisotopic (exact) mass is 448 g/mol. The molecule has 3 heterocycles. The maximum atomic E-state index is 11.9. The molecule has 0 atom stereocenters. The van der Waals surface area contributed by atoms with Crippen molar-refractivity contribution in [1.82, 2.24) is 24.7 Å². The number of nitrogens with zero attached hydrogens (tertiary/aromatic N) is 5. The summed E-state index contributed by atoms with van der Waals surface area (Å²) in [6.07, 6.45) is 4.27. The molecule has 8 nitrogen and oxygen atoms in total. The van der Waals surface area contributed by atoms with Gasteiger partial charge < -0.3 is 9.84 Å². The van der Waals surface area contributed by atoms with Gasteiger partial charge in [0.05, 0.1) is 16.7 Å². The minimum atomic E-state index is 0.366. The molecule has 4 aromatic rings. The maximum Gasteiger partial charge on any atom is 0.204 e. The van der Waals surface area contributed by atoms with Gasteiger partial charge in [-0.2, -0.15) is 0 Å². The molecule has 0 amide bonds. The van der Waals surface area contributed by atoms with Crippen molar-refractivity contribution in [2.24, 2.45) is 5.92 Å². The number of Topliss-reactive ketones (excluding diaryl/α,β-unsaturated/α-hetero) is 1. The molecule has 33 heavy (non-hydrogen) atoms. The number of hydrogen-bond acceptors (Lipinski definition) is 7. The number of hydrogen-bond donors (Lipinski definition) is 1. The first kappa shape index (κ1) is 22.9. The zero-order valence-electron chi connectivity index (χ0n) is 20.1. The van der Waals surface area contributed by atoms with Crippen molar-refractivity contribution in [3.63, 3.8) is 0 Å². The number of anilines is 1. The molecule has 0 fully saturated rings. The van der Waals surface area contributed by atoms with E-state index in [1.54, 1.807) is 0 Å². The first-order valence-corrected chi connectivity index (χ1v) is 11.7. The third-order valence-electron chi connectivity index (χ3n) is 5.87. The summed E-state index contributed by atoms with van der Waals surface area (Å²) in [7, 11) is 0. The summed E-state index contributed by atoms with van der Waals surface area (Å²) in [6.45, 7) is 10.8. The Bertz CT molecular complexity index is 1270. The molecule has 0 aliphatic carbocycles. The fraction of sp³-hybridized carbons (Fsp3) is 0.480. The number of nitrogens with one attached hydrogen (secondary N) is 1. The number of fused-ring (bicyclic) bond motifs is 3. The molecule has 4 rings (SSSR count). The second-order valence-corrected chi connectivity index (χ2v) is 9.14. The molecule has 0 spiro atoms. The van der Waals surface area contributed by atoms with Gasteiger partial charge in [-0.25, -0.2) is 4.98 Å². The van der Waals surface area contributed by atoms with Crippen LogP contribution in [0.1, 0.15) is 63.2 Å². The van der Waals surface area contributed by atoms with E-state index in [0.717, 1.165) is 71.1 Å². The lowest BCUT2D eigenvalue weighted by Crippen LogP contribution is -2.07. The summed E-state index contributed by atoms with van der Waals surface area (Å²) in [5.41, 5.74) is 5.41. The zero-order valence-corrected chi connectivity index (χ0v) is 20.1. The fourth-order valence-corrected chi connectivity index (χ4v) is 4.33. The topological polar surface area (TPSA) is 98.2 Å². The summed E-state index contributed by atoms with van der Waals surface area (Å²) < 4.78 is 7.39. The molecule has 1 N–H and O–H groups in total. The number of carbonyl (C=O) groups is 1. The number of aromatic nitrogens is 5. The van der Waals surface area contributed by atoms with Gasteiger partial charge in [-0.3, -0.25) is 9.20 Å². The molecule has 0 aliphatic heterocycles. The summed E-state index contributed by atoms with van der Waals surface area (Å²) in [4.78, 5) is 16.7. The van der Waals surface area contributed by atoms with Crippen molar-refractivity contribution in [2.75, 3.05) is 11.9 Å². The van der Waals surface area contributed by atoms with E-state index in [2.05, 4.69) is 40.6 Å². The minimum absolute atomic E-state index is 0.366. The normalized spacial score (nSPS) is 11.7. The first-order valence-electron chi connectivity index (χ1n) is 11.7. The van der Waals surface area contributed by atoms with Gasteiger partial charge in [0.2, 0.25) is 5.65 Å². The Morgan fingerprint density at radius 2 is 1.94 bits per heavy atom. The second kappa shape index (κ2) is 9.68. The number of ketones is 1. The quantitative estimate of drug-likeness (QED) is 0.322. The van der Waals surface area contributed by atoms with Crippen LogP contribution < -0.4 is 5.32 Å². The first-order chi connectivity index (χ1) is 15.8. The van der Waals surface area contributed by atoms with Crippen LogP contribution in [0.4, 0.5) is 5.82 Å². The lowest BCUT2D eigenvalue weighted by molar-refractivity contribution is -0.119. The lowest BCUT2D eigenvalue weighted by atomic mass is 10.0. The van der Waals surface area contributed by atoms with Crippen molar-refractivity contribution in [2.45, 2.75) is 66.7 Å². The van der Waals surface area contributed by atoms with E-state index >= 15 is 0 Å². The van der Waals surface area contributed by atoms with Gasteiger partial charge in [-0.05, 0) is 57.2 Å². The van der Waals surface area contributed by atoms with Crippen LogP contribution >= 0.6 is 0 Å². The Hall–Kier alpha value is -3.29. The van der Waals surface area contributed by atoms with E-state index in [-0.39, 0.29) is 0 Å². The Kier molecular flexibility index (Phi) is 6.72. The van der Waals surface area contributed by atoms with Gasteiger partial charge in [0, 0.05) is 24.9 Å². The van der Waals surface area contributed by atoms with Gasteiger partial charge >= 0.3 is 0 Å². The van der Waals surface area contributed by atoms with Crippen molar-refractivity contribution >= 4 is 28.3 Å². The number of rotatable bonds is 10. The van der Waals surface area contributed by atoms with Gasteiger partial charge in [0.25, 0.3) is 0 Å².